The minimum atomic E-state index is -0.202. The molecule has 1 aliphatic rings. The number of rotatable bonds is 9. The molecule has 3 aromatic rings. The van der Waals surface area contributed by atoms with Gasteiger partial charge in [0.05, 0.1) is 36.0 Å². The molecule has 10 nitrogen and oxygen atoms in total. The summed E-state index contributed by atoms with van der Waals surface area (Å²) in [6, 6.07) is 3.19. The Morgan fingerprint density at radius 3 is 2.42 bits per heavy atom. The van der Waals surface area contributed by atoms with E-state index < -0.39 is 0 Å². The number of likely N-dealkylation sites (tertiary alicyclic amines) is 1. The van der Waals surface area contributed by atoms with Crippen molar-refractivity contribution < 1.29 is 19.1 Å². The average molecular weight is 559 g/mol. The van der Waals surface area contributed by atoms with Crippen molar-refractivity contribution in [1.82, 2.24) is 19.9 Å². The molecule has 0 radical (unpaired) electrons. The lowest BCUT2D eigenvalue weighted by Gasteiger charge is -2.19. The number of hydrogen-bond donors (Lipinski definition) is 2. The molecule has 1 saturated heterocycles. The quantitative estimate of drug-likeness (QED) is 0.366. The van der Waals surface area contributed by atoms with E-state index in [2.05, 4.69) is 27.2 Å². The number of methoxy groups -OCH3 is 2. The number of hydrogen-bond acceptors (Lipinski definition) is 9. The third-order valence-corrected chi connectivity index (χ3v) is 7.27. The van der Waals surface area contributed by atoms with Crippen LogP contribution in [-0.2, 0) is 9.59 Å². The van der Waals surface area contributed by atoms with Gasteiger partial charge in [0.25, 0.3) is 0 Å². The van der Waals surface area contributed by atoms with Crippen LogP contribution >= 0.6 is 23.2 Å². The van der Waals surface area contributed by atoms with Crippen LogP contribution in [0.4, 0.5) is 11.8 Å². The number of anilines is 2. The summed E-state index contributed by atoms with van der Waals surface area (Å²) in [6.45, 7) is 5.98. The highest BCUT2D eigenvalue weighted by Crippen LogP contribution is 2.46. The van der Waals surface area contributed by atoms with Gasteiger partial charge in [0.2, 0.25) is 11.9 Å². The summed E-state index contributed by atoms with van der Waals surface area (Å²) < 4.78 is 10.8. The van der Waals surface area contributed by atoms with Gasteiger partial charge in [-0.2, -0.15) is 0 Å². The van der Waals surface area contributed by atoms with E-state index in [-0.39, 0.29) is 30.1 Å². The lowest BCUT2D eigenvalue weighted by molar-refractivity contribution is -0.128. The van der Waals surface area contributed by atoms with Crippen molar-refractivity contribution in [2.45, 2.75) is 19.4 Å². The fourth-order valence-electron chi connectivity index (χ4n) is 4.53. The number of ketones is 1. The van der Waals surface area contributed by atoms with Crippen LogP contribution in [0.5, 0.6) is 11.5 Å². The highest BCUT2D eigenvalue weighted by molar-refractivity contribution is 6.41. The monoisotopic (exact) mass is 558 g/mol. The number of fused-ring (bicyclic) bond motifs is 1. The lowest BCUT2D eigenvalue weighted by atomic mass is 9.97. The molecule has 0 aliphatic carbocycles. The summed E-state index contributed by atoms with van der Waals surface area (Å²) in [5, 5.41) is 7.66. The second-order valence-corrected chi connectivity index (χ2v) is 9.59. The van der Waals surface area contributed by atoms with Gasteiger partial charge in [0.1, 0.15) is 17.0 Å². The Bertz CT molecular complexity index is 1390. The molecule has 1 amide bonds. The molecule has 1 aliphatic heterocycles. The first kappa shape index (κ1) is 27.4. The van der Waals surface area contributed by atoms with Gasteiger partial charge in [-0.15, -0.1) is 0 Å². The van der Waals surface area contributed by atoms with Gasteiger partial charge in [-0.1, -0.05) is 29.8 Å². The fraction of sp³-hybridized carbons (Fsp3) is 0.346. The van der Waals surface area contributed by atoms with Crippen molar-refractivity contribution in [2.24, 2.45) is 5.92 Å². The van der Waals surface area contributed by atoms with Crippen molar-refractivity contribution in [2.75, 3.05) is 45.0 Å². The van der Waals surface area contributed by atoms with Crippen molar-refractivity contribution in [3.8, 4) is 22.8 Å². The summed E-state index contributed by atoms with van der Waals surface area (Å²) in [6.07, 6.45) is 3.24. The van der Waals surface area contributed by atoms with E-state index >= 15 is 0 Å². The first-order valence-corrected chi connectivity index (χ1v) is 12.6. The standard InChI is InChI=1S/C26H28Cl2N6O4/c1-6-16(36)7-15-11-34(13(2)35)12-18(15)32-26-30-10-14-8-17(31-25(29-3)24(14)33-26)21-22(27)19(37-4)9-20(38-5)23(21)28/h6,8-10,15,18H,1,7,11-12H2,2-5H3,(H,29,31)(H,30,32,33)/t15-,18+/m0/s1. The minimum Gasteiger partial charge on any atom is -0.495 e. The number of aromatic nitrogens is 3. The number of nitrogens with one attached hydrogen (secondary N) is 2. The number of halogens is 2. The number of allylic oxidation sites excluding steroid dienone is 1. The Morgan fingerprint density at radius 1 is 1.16 bits per heavy atom. The number of carbonyl (C=O) groups is 2. The molecule has 0 saturated carbocycles. The zero-order chi connectivity index (χ0) is 27.6. The van der Waals surface area contributed by atoms with E-state index in [1.54, 1.807) is 30.3 Å². The summed E-state index contributed by atoms with van der Waals surface area (Å²) in [7, 11) is 4.74. The maximum atomic E-state index is 12.0. The van der Waals surface area contributed by atoms with Crippen LogP contribution in [0.2, 0.25) is 10.0 Å². The third kappa shape index (κ3) is 5.32. The topological polar surface area (TPSA) is 119 Å². The number of pyridine rings is 1. The molecule has 38 heavy (non-hydrogen) atoms. The highest BCUT2D eigenvalue weighted by atomic mass is 35.5. The van der Waals surface area contributed by atoms with Gasteiger partial charge in [-0.05, 0) is 12.1 Å². The van der Waals surface area contributed by atoms with Crippen LogP contribution in [-0.4, -0.2) is 71.9 Å². The third-order valence-electron chi connectivity index (χ3n) is 6.52. The van der Waals surface area contributed by atoms with Crippen molar-refractivity contribution in [3.05, 3.63) is 41.0 Å². The van der Waals surface area contributed by atoms with E-state index in [0.717, 1.165) is 0 Å². The second-order valence-electron chi connectivity index (χ2n) is 8.83. The normalized spacial score (nSPS) is 16.8. The van der Waals surface area contributed by atoms with Gasteiger partial charge in [-0.25, -0.2) is 15.0 Å². The summed E-state index contributed by atoms with van der Waals surface area (Å²) in [4.78, 5) is 39.7. The number of amides is 1. The maximum absolute atomic E-state index is 12.0. The van der Waals surface area contributed by atoms with Gasteiger partial charge >= 0.3 is 0 Å². The van der Waals surface area contributed by atoms with E-state index in [9.17, 15) is 9.59 Å². The van der Waals surface area contributed by atoms with Gasteiger partial charge in [0.15, 0.2) is 11.6 Å². The highest BCUT2D eigenvalue weighted by Gasteiger charge is 2.35. The second kappa shape index (κ2) is 11.4. The SMILES string of the molecule is C=CC(=O)C[C@H]1CN(C(C)=O)C[C@H]1Nc1ncc2cc(-c3c(Cl)c(OC)cc(OC)c3Cl)nc(NC)c2n1. The Morgan fingerprint density at radius 2 is 1.84 bits per heavy atom. The molecule has 1 aromatic carbocycles. The van der Waals surface area contributed by atoms with Crippen molar-refractivity contribution >= 4 is 57.6 Å². The molecule has 2 N–H and O–H groups in total. The molecule has 2 atom stereocenters. The molecule has 4 rings (SSSR count). The molecule has 1 fully saturated rings. The van der Waals surface area contributed by atoms with Crippen LogP contribution in [0, 0.1) is 5.92 Å². The molecule has 3 heterocycles. The minimum absolute atomic E-state index is 0.0505. The van der Waals surface area contributed by atoms with E-state index in [1.165, 1.54) is 27.2 Å². The van der Waals surface area contributed by atoms with Gasteiger partial charge in [-0.3, -0.25) is 9.59 Å². The van der Waals surface area contributed by atoms with Crippen molar-refractivity contribution in [1.29, 1.82) is 0 Å². The molecular formula is C26H28Cl2N6O4. The fourth-order valence-corrected chi connectivity index (χ4v) is 5.22. The zero-order valence-corrected chi connectivity index (χ0v) is 23.0. The first-order chi connectivity index (χ1) is 18.2. The van der Waals surface area contributed by atoms with Crippen LogP contribution in [0.15, 0.2) is 31.0 Å². The average Bonchev–Trinajstić information content (AvgIpc) is 3.30. The maximum Gasteiger partial charge on any atom is 0.223 e. The predicted molar refractivity (Wildman–Crippen MR) is 148 cm³/mol. The molecule has 0 bridgehead atoms. The molecule has 0 spiro atoms. The van der Waals surface area contributed by atoms with Crippen molar-refractivity contribution in [3.63, 3.8) is 0 Å². The van der Waals surface area contributed by atoms with E-state index in [0.29, 0.717) is 68.6 Å². The predicted octanol–water partition coefficient (Wildman–Crippen LogP) is 4.46. The van der Waals surface area contributed by atoms with Crippen LogP contribution < -0.4 is 20.1 Å². The van der Waals surface area contributed by atoms with Crippen LogP contribution in [0.3, 0.4) is 0 Å². The molecule has 0 unspecified atom stereocenters. The summed E-state index contributed by atoms with van der Waals surface area (Å²) >= 11 is 13.2. The van der Waals surface area contributed by atoms with Gasteiger partial charge in [0, 0.05) is 62.6 Å². The molecule has 2 aromatic heterocycles. The molecule has 200 valence electrons. The first-order valence-electron chi connectivity index (χ1n) is 11.8. The number of carbonyl (C=O) groups excluding carboxylic acids is 2. The number of nitrogens with zero attached hydrogens (tertiary/aromatic N) is 4. The van der Waals surface area contributed by atoms with Crippen LogP contribution in [0.1, 0.15) is 13.3 Å². The Hall–Kier alpha value is -3.63. The Balaban J connectivity index is 1.72. The Labute approximate surface area is 230 Å². The number of benzene rings is 1. The van der Waals surface area contributed by atoms with E-state index in [1.807, 2.05) is 0 Å². The Kier molecular flexibility index (Phi) is 8.23. The summed E-state index contributed by atoms with van der Waals surface area (Å²) in [5.41, 5.74) is 1.50. The molecule has 12 heteroatoms. The summed E-state index contributed by atoms with van der Waals surface area (Å²) in [5.74, 6) is 1.40. The lowest BCUT2D eigenvalue weighted by Crippen LogP contribution is -2.31. The molecular weight excluding hydrogens is 531 g/mol. The van der Waals surface area contributed by atoms with E-state index in [4.69, 9.17) is 37.7 Å². The number of ether oxygens (including phenoxy) is 2. The smallest absolute Gasteiger partial charge is 0.223 e. The largest absolute Gasteiger partial charge is 0.495 e. The zero-order valence-electron chi connectivity index (χ0n) is 21.5. The van der Waals surface area contributed by atoms with Crippen LogP contribution in [0.25, 0.3) is 22.2 Å². The van der Waals surface area contributed by atoms with Gasteiger partial charge < -0.3 is 25.0 Å².